The largest absolute Gasteiger partial charge is 0.480 e. The molecular weight excluding hydrogens is 170 g/mol. The Balaban J connectivity index is 4.06. The van der Waals surface area contributed by atoms with Crippen LogP contribution in [0.15, 0.2) is 0 Å². The molecular formula is C9H19NO3. The van der Waals surface area contributed by atoms with Crippen molar-refractivity contribution in [3.63, 3.8) is 0 Å². The molecule has 0 fully saturated rings. The van der Waals surface area contributed by atoms with E-state index in [2.05, 4.69) is 5.32 Å². The SMILES string of the molecule is CC(C)C(NCC(C)(C)O)C(=O)O. The van der Waals surface area contributed by atoms with Gasteiger partial charge in [-0.05, 0) is 19.8 Å². The molecule has 0 aliphatic carbocycles. The van der Waals surface area contributed by atoms with Gasteiger partial charge in [0.25, 0.3) is 0 Å². The first-order chi connectivity index (χ1) is 5.74. The Hall–Kier alpha value is -0.610. The predicted molar refractivity (Wildman–Crippen MR) is 50.6 cm³/mol. The number of aliphatic hydroxyl groups is 1. The summed E-state index contributed by atoms with van der Waals surface area (Å²) in [5.74, 6) is -0.862. The van der Waals surface area contributed by atoms with Gasteiger partial charge in [0, 0.05) is 6.54 Å². The van der Waals surface area contributed by atoms with Crippen molar-refractivity contribution in [2.45, 2.75) is 39.3 Å². The Morgan fingerprint density at radius 3 is 2.15 bits per heavy atom. The van der Waals surface area contributed by atoms with Crippen molar-refractivity contribution < 1.29 is 15.0 Å². The fraction of sp³-hybridized carbons (Fsp3) is 0.889. The Kier molecular flexibility index (Phi) is 4.36. The topological polar surface area (TPSA) is 69.6 Å². The number of carbonyl (C=O) groups is 1. The molecule has 0 heterocycles. The number of aliphatic carboxylic acids is 1. The summed E-state index contributed by atoms with van der Waals surface area (Å²) >= 11 is 0. The third-order valence-corrected chi connectivity index (χ3v) is 1.69. The average molecular weight is 189 g/mol. The van der Waals surface area contributed by atoms with Crippen LogP contribution in [0.25, 0.3) is 0 Å². The maximum atomic E-state index is 10.7. The van der Waals surface area contributed by atoms with Crippen molar-refractivity contribution >= 4 is 5.97 Å². The second kappa shape index (κ2) is 4.58. The van der Waals surface area contributed by atoms with Crippen LogP contribution in [0, 0.1) is 5.92 Å². The molecule has 0 spiro atoms. The second-order valence-electron chi connectivity index (χ2n) is 4.25. The molecule has 1 unspecified atom stereocenters. The Labute approximate surface area is 79.0 Å². The molecule has 0 amide bonds. The van der Waals surface area contributed by atoms with E-state index < -0.39 is 17.6 Å². The van der Waals surface area contributed by atoms with E-state index in [1.807, 2.05) is 13.8 Å². The molecule has 0 saturated carbocycles. The van der Waals surface area contributed by atoms with Crippen LogP contribution in [0.3, 0.4) is 0 Å². The molecule has 13 heavy (non-hydrogen) atoms. The van der Waals surface area contributed by atoms with Crippen molar-refractivity contribution in [3.8, 4) is 0 Å². The number of hydrogen-bond acceptors (Lipinski definition) is 3. The second-order valence-corrected chi connectivity index (χ2v) is 4.25. The highest BCUT2D eigenvalue weighted by atomic mass is 16.4. The Morgan fingerprint density at radius 1 is 1.46 bits per heavy atom. The molecule has 3 N–H and O–H groups in total. The molecule has 0 aromatic rings. The molecule has 4 nitrogen and oxygen atoms in total. The zero-order valence-corrected chi connectivity index (χ0v) is 8.66. The quantitative estimate of drug-likeness (QED) is 0.587. The first-order valence-corrected chi connectivity index (χ1v) is 4.42. The number of carboxylic acids is 1. The van der Waals surface area contributed by atoms with E-state index >= 15 is 0 Å². The lowest BCUT2D eigenvalue weighted by Gasteiger charge is -2.23. The highest BCUT2D eigenvalue weighted by molar-refractivity contribution is 5.73. The lowest BCUT2D eigenvalue weighted by molar-refractivity contribution is -0.140. The Morgan fingerprint density at radius 2 is 1.92 bits per heavy atom. The highest BCUT2D eigenvalue weighted by Gasteiger charge is 2.23. The summed E-state index contributed by atoms with van der Waals surface area (Å²) in [7, 11) is 0. The van der Waals surface area contributed by atoms with E-state index in [1.54, 1.807) is 13.8 Å². The minimum absolute atomic E-state index is 0.0137. The van der Waals surface area contributed by atoms with E-state index in [0.29, 0.717) is 0 Å². The van der Waals surface area contributed by atoms with Crippen molar-refractivity contribution in [2.75, 3.05) is 6.54 Å². The van der Waals surface area contributed by atoms with Gasteiger partial charge in [-0.1, -0.05) is 13.8 Å². The van der Waals surface area contributed by atoms with Gasteiger partial charge in [0.1, 0.15) is 6.04 Å². The predicted octanol–water partition coefficient (Wildman–Crippen LogP) is 0.456. The van der Waals surface area contributed by atoms with Crippen LogP contribution in [0.4, 0.5) is 0 Å². The summed E-state index contributed by atoms with van der Waals surface area (Å²) in [5, 5.41) is 21.0. The summed E-state index contributed by atoms with van der Waals surface area (Å²) in [6.45, 7) is 7.22. The molecule has 0 aliphatic heterocycles. The third-order valence-electron chi connectivity index (χ3n) is 1.69. The molecule has 0 aliphatic rings. The summed E-state index contributed by atoms with van der Waals surface area (Å²) in [4.78, 5) is 10.7. The average Bonchev–Trinajstić information content (AvgIpc) is 1.82. The van der Waals surface area contributed by atoms with Gasteiger partial charge in [0.2, 0.25) is 0 Å². The number of hydrogen-bond donors (Lipinski definition) is 3. The lowest BCUT2D eigenvalue weighted by atomic mass is 10.0. The first-order valence-electron chi connectivity index (χ1n) is 4.42. The van der Waals surface area contributed by atoms with E-state index in [9.17, 15) is 9.90 Å². The van der Waals surface area contributed by atoms with Gasteiger partial charge < -0.3 is 15.5 Å². The van der Waals surface area contributed by atoms with Crippen molar-refractivity contribution in [1.29, 1.82) is 0 Å². The van der Waals surface area contributed by atoms with E-state index in [0.717, 1.165) is 0 Å². The fourth-order valence-electron chi connectivity index (χ4n) is 0.968. The molecule has 0 radical (unpaired) electrons. The highest BCUT2D eigenvalue weighted by Crippen LogP contribution is 2.04. The van der Waals surface area contributed by atoms with Gasteiger partial charge in [0.05, 0.1) is 5.60 Å². The van der Waals surface area contributed by atoms with Crippen LogP contribution in [0.1, 0.15) is 27.7 Å². The van der Waals surface area contributed by atoms with E-state index in [4.69, 9.17) is 5.11 Å². The number of nitrogens with one attached hydrogen (secondary N) is 1. The minimum atomic E-state index is -0.876. The fourth-order valence-corrected chi connectivity index (χ4v) is 0.968. The van der Waals surface area contributed by atoms with E-state index in [-0.39, 0.29) is 12.5 Å². The smallest absolute Gasteiger partial charge is 0.320 e. The summed E-state index contributed by atoms with van der Waals surface area (Å²) in [5.41, 5.74) is -0.872. The van der Waals surface area contributed by atoms with Gasteiger partial charge in [-0.25, -0.2) is 0 Å². The monoisotopic (exact) mass is 189 g/mol. The van der Waals surface area contributed by atoms with Gasteiger partial charge in [-0.3, -0.25) is 4.79 Å². The lowest BCUT2D eigenvalue weighted by Crippen LogP contribution is -2.47. The zero-order valence-electron chi connectivity index (χ0n) is 8.66. The molecule has 0 saturated heterocycles. The van der Waals surface area contributed by atoms with Gasteiger partial charge in [-0.15, -0.1) is 0 Å². The molecule has 78 valence electrons. The number of carboxylic acid groups (broad SMARTS) is 1. The van der Waals surface area contributed by atoms with Crippen molar-refractivity contribution in [1.82, 2.24) is 5.32 Å². The van der Waals surface area contributed by atoms with Crippen LogP contribution >= 0.6 is 0 Å². The molecule has 0 aromatic heterocycles. The molecule has 4 heteroatoms. The summed E-state index contributed by atoms with van der Waals surface area (Å²) in [6, 6.07) is -0.591. The van der Waals surface area contributed by atoms with Gasteiger partial charge in [-0.2, -0.15) is 0 Å². The van der Waals surface area contributed by atoms with Crippen molar-refractivity contribution in [3.05, 3.63) is 0 Å². The minimum Gasteiger partial charge on any atom is -0.480 e. The van der Waals surface area contributed by atoms with E-state index in [1.165, 1.54) is 0 Å². The normalized spacial score (nSPS) is 14.6. The van der Waals surface area contributed by atoms with Crippen LogP contribution < -0.4 is 5.32 Å². The summed E-state index contributed by atoms with van der Waals surface area (Å²) < 4.78 is 0. The maximum Gasteiger partial charge on any atom is 0.320 e. The first kappa shape index (κ1) is 12.4. The summed E-state index contributed by atoms with van der Waals surface area (Å²) in [6.07, 6.45) is 0. The number of rotatable bonds is 5. The molecule has 0 rings (SSSR count). The zero-order chi connectivity index (χ0) is 10.6. The van der Waals surface area contributed by atoms with Gasteiger partial charge in [0.15, 0.2) is 0 Å². The Bertz CT molecular complexity index is 172. The molecule has 0 bridgehead atoms. The maximum absolute atomic E-state index is 10.7. The van der Waals surface area contributed by atoms with Crippen molar-refractivity contribution in [2.24, 2.45) is 5.92 Å². The van der Waals surface area contributed by atoms with Crippen LogP contribution in [0.2, 0.25) is 0 Å². The standard InChI is InChI=1S/C9H19NO3/c1-6(2)7(8(11)12)10-5-9(3,4)13/h6-7,10,13H,5H2,1-4H3,(H,11,12). The molecule has 0 aromatic carbocycles. The van der Waals surface area contributed by atoms with Crippen LogP contribution in [-0.4, -0.2) is 34.4 Å². The van der Waals surface area contributed by atoms with Gasteiger partial charge >= 0.3 is 5.97 Å². The molecule has 1 atom stereocenters. The third kappa shape index (κ3) is 5.60. The van der Waals surface area contributed by atoms with Crippen LogP contribution in [-0.2, 0) is 4.79 Å². The van der Waals surface area contributed by atoms with Crippen LogP contribution in [0.5, 0.6) is 0 Å².